The Bertz CT molecular complexity index is 1570. The molecular formula is C41H55NO3SSn. The molecule has 0 radical (unpaired) electrons. The van der Waals surface area contributed by atoms with Crippen LogP contribution >= 0.6 is 0 Å². The van der Waals surface area contributed by atoms with Crippen molar-refractivity contribution in [1.82, 2.24) is 4.90 Å². The number of unbranched alkanes of at least 4 members (excludes halogenated alkanes) is 3. The van der Waals surface area contributed by atoms with Gasteiger partial charge >= 0.3 is 290 Å². The van der Waals surface area contributed by atoms with Crippen LogP contribution < -0.4 is 0 Å². The first-order valence-corrected chi connectivity index (χ1v) is 27.4. The van der Waals surface area contributed by atoms with Gasteiger partial charge in [-0.1, -0.05) is 0 Å². The number of ether oxygens (including phenoxy) is 1. The average Bonchev–Trinajstić information content (AvgIpc) is 3.65. The Hall–Kier alpha value is -1.93. The van der Waals surface area contributed by atoms with Gasteiger partial charge in [-0.25, -0.2) is 0 Å². The number of nitrogens with zero attached hydrogens (tertiary/aromatic N) is 1. The van der Waals surface area contributed by atoms with E-state index in [2.05, 4.69) is 92.4 Å². The van der Waals surface area contributed by atoms with Crippen molar-refractivity contribution < 1.29 is 13.2 Å². The molecular weight excluding hydrogens is 705 g/mol. The molecule has 3 heterocycles. The second-order valence-corrected chi connectivity index (χ2v) is 30.1. The van der Waals surface area contributed by atoms with Crippen LogP contribution in [0.1, 0.15) is 89.7 Å². The fourth-order valence-corrected chi connectivity index (χ4v) is 27.8. The summed E-state index contributed by atoms with van der Waals surface area (Å²) >= 11 is -2.79. The van der Waals surface area contributed by atoms with Gasteiger partial charge in [0.25, 0.3) is 0 Å². The summed E-state index contributed by atoms with van der Waals surface area (Å²) in [6, 6.07) is 30.6. The molecule has 47 heavy (non-hydrogen) atoms. The van der Waals surface area contributed by atoms with Crippen LogP contribution in [0.3, 0.4) is 0 Å². The Morgan fingerprint density at radius 2 is 1.34 bits per heavy atom. The summed E-state index contributed by atoms with van der Waals surface area (Å²) in [6.07, 6.45) is 12.6. The van der Waals surface area contributed by atoms with Crippen LogP contribution in [0.2, 0.25) is 13.3 Å². The molecule has 3 aliphatic rings. The maximum atomic E-state index is 14.7. The second kappa shape index (κ2) is 14.9. The Balaban J connectivity index is 1.54. The Morgan fingerprint density at radius 3 is 1.91 bits per heavy atom. The van der Waals surface area contributed by atoms with Crippen LogP contribution in [-0.4, -0.2) is 55.2 Å². The molecule has 252 valence electrons. The monoisotopic (exact) mass is 761 g/mol. The van der Waals surface area contributed by atoms with Gasteiger partial charge in [0.2, 0.25) is 0 Å². The fraction of sp³-hybridized carbons (Fsp3) is 0.512. The van der Waals surface area contributed by atoms with Crippen LogP contribution in [0.5, 0.6) is 0 Å². The first kappa shape index (κ1) is 34.9. The van der Waals surface area contributed by atoms with E-state index in [-0.39, 0.29) is 6.04 Å². The van der Waals surface area contributed by atoms with Crippen molar-refractivity contribution in [2.75, 3.05) is 6.61 Å². The molecule has 0 aliphatic carbocycles. The number of sulfone groups is 1. The normalized spacial score (nSPS) is 26.1. The van der Waals surface area contributed by atoms with Crippen LogP contribution in [0.4, 0.5) is 0 Å². The number of rotatable bonds is 15. The van der Waals surface area contributed by atoms with Crippen molar-refractivity contribution in [1.29, 1.82) is 0 Å². The van der Waals surface area contributed by atoms with Crippen LogP contribution in [-0.2, 0) is 26.7 Å². The third-order valence-corrected chi connectivity index (χ3v) is 30.0. The molecule has 4 atom stereocenters. The Labute approximate surface area is 288 Å². The van der Waals surface area contributed by atoms with Crippen molar-refractivity contribution in [3.8, 4) is 0 Å². The summed E-state index contributed by atoms with van der Waals surface area (Å²) in [5.41, 5.74) is 1.28. The van der Waals surface area contributed by atoms with E-state index in [1.807, 2.05) is 18.2 Å². The van der Waals surface area contributed by atoms with E-state index in [9.17, 15) is 8.42 Å². The summed E-state index contributed by atoms with van der Waals surface area (Å²) < 4.78 is 42.6. The van der Waals surface area contributed by atoms with Crippen LogP contribution in [0, 0.1) is 0 Å². The number of fused-ring (bicyclic) bond motifs is 3. The van der Waals surface area contributed by atoms with Gasteiger partial charge in [0, 0.05) is 0 Å². The first-order valence-electron chi connectivity index (χ1n) is 18.4. The van der Waals surface area contributed by atoms with Gasteiger partial charge in [-0.2, -0.15) is 0 Å². The van der Waals surface area contributed by atoms with Crippen molar-refractivity contribution in [2.45, 2.75) is 126 Å². The first-order chi connectivity index (χ1) is 22.9. The molecule has 0 aromatic heterocycles. The molecule has 2 bridgehead atoms. The topological polar surface area (TPSA) is 46.6 Å². The zero-order valence-electron chi connectivity index (χ0n) is 28.9. The van der Waals surface area contributed by atoms with Crippen molar-refractivity contribution in [3.05, 3.63) is 112 Å². The van der Waals surface area contributed by atoms with E-state index in [1.54, 1.807) is 15.7 Å². The zero-order valence-corrected chi connectivity index (χ0v) is 32.5. The maximum absolute atomic E-state index is 14.7. The molecule has 2 saturated heterocycles. The van der Waals surface area contributed by atoms with Crippen LogP contribution in [0.25, 0.3) is 0 Å². The number of hydrogen-bond donors (Lipinski definition) is 0. The van der Waals surface area contributed by atoms with E-state index in [1.165, 1.54) is 63.0 Å². The predicted octanol–water partition coefficient (Wildman–Crippen LogP) is 9.88. The van der Waals surface area contributed by atoms with Gasteiger partial charge in [-0.05, 0) is 0 Å². The SMILES string of the molecule is CCC[CH2][Sn]([CH2]CCC)([CH2]CCC)[C]1=C[C@@]2(CC[C@H]3[C@H](S(=O)(=O)c4ccccc4)C[C@]2(c2ccccc2)N3Cc2ccccc2)OC1. The quantitative estimate of drug-likeness (QED) is 0.145. The molecule has 0 N–H and O–H groups in total. The Morgan fingerprint density at radius 1 is 0.787 bits per heavy atom. The van der Waals surface area contributed by atoms with Crippen molar-refractivity contribution in [2.24, 2.45) is 0 Å². The number of benzene rings is 3. The van der Waals surface area contributed by atoms with E-state index in [4.69, 9.17) is 4.74 Å². The molecule has 6 rings (SSSR count). The van der Waals surface area contributed by atoms with Crippen molar-refractivity contribution >= 4 is 28.2 Å². The predicted molar refractivity (Wildman–Crippen MR) is 197 cm³/mol. The van der Waals surface area contributed by atoms with E-state index >= 15 is 0 Å². The van der Waals surface area contributed by atoms with Gasteiger partial charge in [-0.15, -0.1) is 0 Å². The number of hydrogen-bond acceptors (Lipinski definition) is 4. The summed E-state index contributed by atoms with van der Waals surface area (Å²) in [7, 11) is -3.59. The summed E-state index contributed by atoms with van der Waals surface area (Å²) in [5.74, 6) is 0. The summed E-state index contributed by atoms with van der Waals surface area (Å²) in [4.78, 5) is 3.03. The minimum atomic E-state index is -3.59. The molecule has 3 aromatic carbocycles. The molecule has 0 unspecified atom stereocenters. The molecule has 0 amide bonds. The molecule has 2 fully saturated rings. The second-order valence-electron chi connectivity index (χ2n) is 14.5. The van der Waals surface area contributed by atoms with Crippen LogP contribution in [0.15, 0.2) is 106 Å². The van der Waals surface area contributed by atoms with E-state index < -0.39 is 44.6 Å². The van der Waals surface area contributed by atoms with Gasteiger partial charge in [0.05, 0.1) is 0 Å². The molecule has 3 aliphatic heterocycles. The van der Waals surface area contributed by atoms with E-state index in [0.717, 1.165) is 19.4 Å². The molecule has 3 aromatic rings. The van der Waals surface area contributed by atoms with Gasteiger partial charge in [-0.3, -0.25) is 0 Å². The molecule has 6 heteroatoms. The average molecular weight is 761 g/mol. The molecule has 4 nitrogen and oxygen atoms in total. The number of piperidine rings is 1. The molecule has 1 spiro atoms. The minimum absolute atomic E-state index is 0.0964. The Kier molecular flexibility index (Phi) is 11.1. The molecule has 0 saturated carbocycles. The van der Waals surface area contributed by atoms with Crippen molar-refractivity contribution in [3.63, 3.8) is 0 Å². The third-order valence-electron chi connectivity index (χ3n) is 11.8. The van der Waals surface area contributed by atoms with Gasteiger partial charge in [0.15, 0.2) is 0 Å². The summed E-state index contributed by atoms with van der Waals surface area (Å²) in [6.45, 7) is 8.47. The summed E-state index contributed by atoms with van der Waals surface area (Å²) in [5, 5.41) is -0.511. The van der Waals surface area contributed by atoms with Gasteiger partial charge < -0.3 is 0 Å². The van der Waals surface area contributed by atoms with E-state index in [0.29, 0.717) is 17.9 Å². The zero-order chi connectivity index (χ0) is 33.0. The fourth-order valence-electron chi connectivity index (χ4n) is 9.39. The van der Waals surface area contributed by atoms with Gasteiger partial charge in [0.1, 0.15) is 0 Å². The standard InChI is InChI=1S/C29H28NO3S.3C4H9.Sn/c31-34(32,25-15-8-3-9-16-25)27-21-29(24-13-6-2-7-14-24)28(18-10-20-33-28)19-17-26(27)30(29)22-23-11-4-1-5-12-23;3*1-3-4-2;/h1-9,11-16,18,26-27H,17,19-22H2;3*1,3-4H2,2H3;/t26-,27+,28-,29+;;;;/m0..../s1. The third kappa shape index (κ3) is 6.44.